The summed E-state index contributed by atoms with van der Waals surface area (Å²) >= 11 is 0. The first kappa shape index (κ1) is 26.6. The minimum atomic E-state index is -0.767. The minimum absolute atomic E-state index is 0.0461. The number of benzene rings is 2. The second-order valence-electron chi connectivity index (χ2n) is 10.7. The van der Waals surface area contributed by atoms with E-state index < -0.39 is 5.97 Å². The van der Waals surface area contributed by atoms with Gasteiger partial charge in [-0.2, -0.15) is 0 Å². The van der Waals surface area contributed by atoms with Crippen molar-refractivity contribution in [3.8, 4) is 11.5 Å². The lowest BCUT2D eigenvalue weighted by atomic mass is 9.71. The van der Waals surface area contributed by atoms with Crippen molar-refractivity contribution in [3.63, 3.8) is 0 Å². The van der Waals surface area contributed by atoms with E-state index in [1.54, 1.807) is 19.2 Å². The molecule has 0 spiro atoms. The van der Waals surface area contributed by atoms with E-state index in [4.69, 9.17) is 14.2 Å². The molecular formula is C30H39FN2O5. The number of carbonyl (C=O) groups is 1. The lowest BCUT2D eigenvalue weighted by Gasteiger charge is -2.38. The molecule has 0 aromatic heterocycles. The molecule has 206 valence electrons. The SMILES string of the molecule is CCOc1ccc(F)c(N2CCC(Oc3ccc(N4C[C@H](OC)[C@@H](C5CCC5)[C@@H]4CC(=O)O)cc3)CC2)c1. The summed E-state index contributed by atoms with van der Waals surface area (Å²) in [5.74, 6) is 1.26. The van der Waals surface area contributed by atoms with Crippen LogP contribution in [0.1, 0.15) is 45.4 Å². The molecule has 0 unspecified atom stereocenters. The highest BCUT2D eigenvalue weighted by molar-refractivity contribution is 5.69. The van der Waals surface area contributed by atoms with Gasteiger partial charge in [0, 0.05) is 63.3 Å². The molecule has 2 aromatic carbocycles. The van der Waals surface area contributed by atoms with E-state index in [1.165, 1.54) is 12.5 Å². The van der Waals surface area contributed by atoms with Gasteiger partial charge in [-0.25, -0.2) is 4.39 Å². The van der Waals surface area contributed by atoms with Crippen LogP contribution in [0, 0.1) is 17.7 Å². The molecule has 7 nitrogen and oxygen atoms in total. The third-order valence-corrected chi connectivity index (χ3v) is 8.51. The molecule has 1 saturated carbocycles. The van der Waals surface area contributed by atoms with E-state index in [2.05, 4.69) is 9.80 Å². The van der Waals surface area contributed by atoms with Gasteiger partial charge in [-0.1, -0.05) is 6.42 Å². The van der Waals surface area contributed by atoms with Gasteiger partial charge in [0.15, 0.2) is 0 Å². The van der Waals surface area contributed by atoms with Crippen molar-refractivity contribution in [2.75, 3.05) is 43.2 Å². The van der Waals surface area contributed by atoms with E-state index >= 15 is 0 Å². The second kappa shape index (κ2) is 11.8. The topological polar surface area (TPSA) is 71.5 Å². The number of rotatable bonds is 10. The highest BCUT2D eigenvalue weighted by Gasteiger charge is 2.48. The Kier molecular flexibility index (Phi) is 8.27. The van der Waals surface area contributed by atoms with Gasteiger partial charge in [0.1, 0.15) is 23.4 Å². The van der Waals surface area contributed by atoms with Crippen molar-refractivity contribution in [2.24, 2.45) is 11.8 Å². The van der Waals surface area contributed by atoms with Crippen molar-refractivity contribution < 1.29 is 28.5 Å². The molecule has 5 rings (SSSR count). The van der Waals surface area contributed by atoms with Crippen LogP contribution in [0.15, 0.2) is 42.5 Å². The van der Waals surface area contributed by atoms with Crippen molar-refractivity contribution in [3.05, 3.63) is 48.3 Å². The molecule has 38 heavy (non-hydrogen) atoms. The van der Waals surface area contributed by atoms with Crippen LogP contribution in [0.2, 0.25) is 0 Å². The summed E-state index contributed by atoms with van der Waals surface area (Å²) in [6, 6.07) is 12.9. The number of piperidine rings is 1. The Morgan fingerprint density at radius 3 is 2.37 bits per heavy atom. The zero-order valence-corrected chi connectivity index (χ0v) is 22.4. The molecule has 2 aliphatic heterocycles. The van der Waals surface area contributed by atoms with E-state index in [0.29, 0.717) is 43.6 Å². The predicted molar refractivity (Wildman–Crippen MR) is 145 cm³/mol. The number of hydrogen-bond donors (Lipinski definition) is 1. The fourth-order valence-electron chi connectivity index (χ4n) is 6.42. The molecule has 0 radical (unpaired) electrons. The van der Waals surface area contributed by atoms with Crippen LogP contribution in [-0.2, 0) is 9.53 Å². The lowest BCUT2D eigenvalue weighted by Crippen LogP contribution is -2.40. The Morgan fingerprint density at radius 2 is 1.76 bits per heavy atom. The maximum Gasteiger partial charge on any atom is 0.305 e. The summed E-state index contributed by atoms with van der Waals surface area (Å²) in [5, 5.41) is 9.64. The molecular weight excluding hydrogens is 487 g/mol. The molecule has 8 heteroatoms. The van der Waals surface area contributed by atoms with Gasteiger partial charge < -0.3 is 29.1 Å². The van der Waals surface area contributed by atoms with Gasteiger partial charge in [0.25, 0.3) is 0 Å². The largest absolute Gasteiger partial charge is 0.494 e. The van der Waals surface area contributed by atoms with Gasteiger partial charge in [0.2, 0.25) is 0 Å². The summed E-state index contributed by atoms with van der Waals surface area (Å²) in [6.07, 6.45) is 5.35. The number of anilines is 2. The molecule has 3 aliphatic rings. The van der Waals surface area contributed by atoms with Crippen LogP contribution in [0.5, 0.6) is 11.5 Å². The smallest absolute Gasteiger partial charge is 0.305 e. The van der Waals surface area contributed by atoms with Crippen LogP contribution >= 0.6 is 0 Å². The lowest BCUT2D eigenvalue weighted by molar-refractivity contribution is -0.137. The highest BCUT2D eigenvalue weighted by atomic mass is 19.1. The van der Waals surface area contributed by atoms with Crippen molar-refractivity contribution in [1.82, 2.24) is 0 Å². The Balaban J connectivity index is 1.21. The Bertz CT molecular complexity index is 1080. The number of halogens is 1. The van der Waals surface area contributed by atoms with Gasteiger partial charge in [-0.3, -0.25) is 4.79 Å². The fourth-order valence-corrected chi connectivity index (χ4v) is 6.42. The average molecular weight is 527 g/mol. The van der Waals surface area contributed by atoms with Crippen LogP contribution < -0.4 is 19.3 Å². The molecule has 1 N–H and O–H groups in total. The van der Waals surface area contributed by atoms with E-state index in [1.807, 2.05) is 31.2 Å². The van der Waals surface area contributed by atoms with Gasteiger partial charge in [-0.15, -0.1) is 0 Å². The highest BCUT2D eigenvalue weighted by Crippen LogP contribution is 2.45. The number of aliphatic carboxylic acids is 1. The summed E-state index contributed by atoms with van der Waals surface area (Å²) in [5.41, 5.74) is 1.58. The third kappa shape index (κ3) is 5.70. The first-order valence-electron chi connectivity index (χ1n) is 13.9. The number of methoxy groups -OCH3 is 1. The molecule has 1 aliphatic carbocycles. The number of hydrogen-bond acceptors (Lipinski definition) is 6. The number of carboxylic acids is 1. The number of nitrogens with zero attached hydrogens (tertiary/aromatic N) is 2. The third-order valence-electron chi connectivity index (χ3n) is 8.51. The summed E-state index contributed by atoms with van der Waals surface area (Å²) < 4.78 is 32.1. The number of ether oxygens (including phenoxy) is 3. The monoisotopic (exact) mass is 526 g/mol. The van der Waals surface area contributed by atoms with Crippen LogP contribution in [0.25, 0.3) is 0 Å². The molecule has 3 atom stereocenters. The van der Waals surface area contributed by atoms with Gasteiger partial charge in [0.05, 0.1) is 24.8 Å². The average Bonchev–Trinajstić information content (AvgIpc) is 3.22. The Morgan fingerprint density at radius 1 is 1.05 bits per heavy atom. The summed E-state index contributed by atoms with van der Waals surface area (Å²) in [4.78, 5) is 16.0. The van der Waals surface area contributed by atoms with Crippen LogP contribution in [0.4, 0.5) is 15.8 Å². The summed E-state index contributed by atoms with van der Waals surface area (Å²) in [7, 11) is 1.74. The fraction of sp³-hybridized carbons (Fsp3) is 0.567. The Labute approximate surface area is 224 Å². The first-order valence-corrected chi connectivity index (χ1v) is 13.9. The van der Waals surface area contributed by atoms with Crippen molar-refractivity contribution in [2.45, 2.75) is 63.7 Å². The molecule has 0 bridgehead atoms. The van der Waals surface area contributed by atoms with Gasteiger partial charge >= 0.3 is 5.97 Å². The zero-order valence-electron chi connectivity index (χ0n) is 22.4. The van der Waals surface area contributed by atoms with E-state index in [-0.39, 0.29) is 36.4 Å². The summed E-state index contributed by atoms with van der Waals surface area (Å²) in [6.45, 7) is 4.59. The van der Waals surface area contributed by atoms with Crippen LogP contribution in [-0.4, -0.2) is 62.7 Å². The zero-order chi connectivity index (χ0) is 26.6. The quantitative estimate of drug-likeness (QED) is 0.447. The Hall–Kier alpha value is -3.00. The molecule has 2 heterocycles. The number of carboxylic acid groups (broad SMARTS) is 1. The van der Waals surface area contributed by atoms with E-state index in [9.17, 15) is 14.3 Å². The molecule has 2 aromatic rings. The molecule has 2 saturated heterocycles. The second-order valence-corrected chi connectivity index (χ2v) is 10.7. The maximum absolute atomic E-state index is 14.5. The standard InChI is InChI=1S/C30H39FN2O5/c1-3-37-24-11-12-25(31)26(17-24)32-15-13-23(14-16-32)38-22-9-7-21(8-10-22)33-19-28(36-2)30(20-5-4-6-20)27(33)18-29(34)35/h7-12,17,20,23,27-28,30H,3-6,13-16,18-19H2,1-2H3,(H,34,35)/t27-,28-,30-/m0/s1. The van der Waals surface area contributed by atoms with Crippen LogP contribution in [0.3, 0.4) is 0 Å². The first-order chi connectivity index (χ1) is 18.5. The minimum Gasteiger partial charge on any atom is -0.494 e. The molecule has 3 fully saturated rings. The van der Waals surface area contributed by atoms with Gasteiger partial charge in [-0.05, 0) is 62.1 Å². The maximum atomic E-state index is 14.5. The van der Waals surface area contributed by atoms with Crippen molar-refractivity contribution in [1.29, 1.82) is 0 Å². The van der Waals surface area contributed by atoms with E-state index in [0.717, 1.165) is 37.1 Å². The normalized spacial score (nSPS) is 24.3. The van der Waals surface area contributed by atoms with Crippen molar-refractivity contribution >= 4 is 17.3 Å². The molecule has 0 amide bonds. The predicted octanol–water partition coefficient (Wildman–Crippen LogP) is 5.37.